The Labute approximate surface area is 235 Å². The van der Waals surface area contributed by atoms with Crippen molar-refractivity contribution in [1.29, 1.82) is 0 Å². The summed E-state index contributed by atoms with van der Waals surface area (Å²) in [5.74, 6) is 0.935. The summed E-state index contributed by atoms with van der Waals surface area (Å²) in [5, 5.41) is 0. The van der Waals surface area contributed by atoms with Gasteiger partial charge < -0.3 is 10.2 Å². The molecule has 6 heteroatoms. The zero-order valence-electron chi connectivity index (χ0n) is 21.6. The Morgan fingerprint density at radius 1 is 0.676 bits per heavy atom. The first-order chi connectivity index (χ1) is 16.8. The maximum atomic E-state index is 6.01. The van der Waals surface area contributed by atoms with E-state index in [1.165, 1.54) is 61.9 Å². The minimum absolute atomic E-state index is 0. The monoisotopic (exact) mass is 544 g/mol. The van der Waals surface area contributed by atoms with Gasteiger partial charge in [-0.15, -0.1) is 24.8 Å². The van der Waals surface area contributed by atoms with Crippen molar-refractivity contribution >= 4 is 24.8 Å². The number of hydrogen-bond acceptors (Lipinski definition) is 3. The van der Waals surface area contributed by atoms with Crippen molar-refractivity contribution in [2.45, 2.75) is 57.2 Å². The van der Waals surface area contributed by atoms with Crippen LogP contribution in [0, 0.1) is 0 Å². The average molecular weight is 546 g/mol. The van der Waals surface area contributed by atoms with Crippen LogP contribution in [0.4, 0.5) is 0 Å². The molecule has 2 aliphatic rings. The van der Waals surface area contributed by atoms with Crippen LogP contribution < -0.4 is 4.74 Å². The zero-order chi connectivity index (χ0) is 23.0. The molecule has 1 atom stereocenters. The summed E-state index contributed by atoms with van der Waals surface area (Å²) in [7, 11) is 0. The van der Waals surface area contributed by atoms with Crippen LogP contribution in [-0.4, -0.2) is 47.5 Å². The molecule has 1 unspecified atom stereocenters. The predicted molar refractivity (Wildman–Crippen MR) is 158 cm³/mol. The van der Waals surface area contributed by atoms with Crippen molar-refractivity contribution in [3.63, 3.8) is 0 Å². The summed E-state index contributed by atoms with van der Waals surface area (Å²) in [5.41, 5.74) is 4.00. The predicted octanol–water partition coefficient (Wildman–Crippen LogP) is 6.52. The van der Waals surface area contributed by atoms with Gasteiger partial charge >= 0.3 is 0 Å². The molecule has 1 heterocycles. The van der Waals surface area contributed by atoms with Crippen LogP contribution in [0.2, 0.25) is 0 Å². The Morgan fingerprint density at radius 2 is 1.27 bits per heavy atom. The lowest BCUT2D eigenvalue weighted by molar-refractivity contribution is 0.0559. The lowest BCUT2D eigenvalue weighted by atomic mass is 9.93. The fraction of sp³-hybridized carbons (Fsp3) is 0.419. The number of piperazine rings is 1. The Morgan fingerprint density at radius 3 is 1.89 bits per heavy atom. The first-order valence-corrected chi connectivity index (χ1v) is 13.1. The average Bonchev–Trinajstić information content (AvgIpc) is 2.93. The summed E-state index contributed by atoms with van der Waals surface area (Å²) in [6.45, 7) is 5.35. The number of hydrogen-bond donors (Lipinski definition) is 0. The fourth-order valence-corrected chi connectivity index (χ4v) is 5.68. The van der Waals surface area contributed by atoms with Gasteiger partial charge in [-0.3, -0.25) is 9.80 Å². The van der Waals surface area contributed by atoms with Crippen LogP contribution >= 0.6 is 24.8 Å². The van der Waals surface area contributed by atoms with Crippen molar-refractivity contribution in [3.8, 4) is 5.75 Å². The highest BCUT2D eigenvalue weighted by atomic mass is 35.5. The highest BCUT2D eigenvalue weighted by Gasteiger charge is 2.29. The third-order valence-electron chi connectivity index (χ3n) is 7.67. The van der Waals surface area contributed by atoms with E-state index < -0.39 is 0 Å². The van der Waals surface area contributed by atoms with Gasteiger partial charge in [-0.2, -0.15) is 0 Å². The molecule has 1 aliphatic carbocycles. The standard InChI is InChI=1S/C31H38N2O.2ClH.H2O/c1-4-10-27(11-5-1)25-34-30-18-16-26(17-19-30)24-31(28-12-6-2-7-13-28)33-22-20-32(21-23-33)29-14-8-3-9-15-29;;;/h1-2,4-7,10-13,16-19,29,31H,3,8-9,14-15,20-25H2;2*1H;1H2. The smallest absolute Gasteiger partial charge is 0.119 e. The van der Waals surface area contributed by atoms with E-state index in [-0.39, 0.29) is 30.3 Å². The normalized spacial score (nSPS) is 17.5. The quantitative estimate of drug-likeness (QED) is 0.324. The number of ether oxygens (including phenoxy) is 1. The van der Waals surface area contributed by atoms with Crippen LogP contribution in [0.1, 0.15) is 54.8 Å². The highest BCUT2D eigenvalue weighted by molar-refractivity contribution is 5.85. The van der Waals surface area contributed by atoms with Gasteiger partial charge in [-0.25, -0.2) is 0 Å². The molecule has 37 heavy (non-hydrogen) atoms. The summed E-state index contributed by atoms with van der Waals surface area (Å²) < 4.78 is 6.01. The maximum Gasteiger partial charge on any atom is 0.119 e. The molecule has 1 saturated heterocycles. The Hall–Kier alpha value is -2.08. The molecule has 0 radical (unpaired) electrons. The van der Waals surface area contributed by atoms with Crippen LogP contribution in [0.25, 0.3) is 0 Å². The number of nitrogens with zero attached hydrogens (tertiary/aromatic N) is 2. The topological polar surface area (TPSA) is 47.2 Å². The Bertz CT molecular complexity index is 991. The van der Waals surface area contributed by atoms with Gasteiger partial charge in [0, 0.05) is 38.3 Å². The molecule has 3 aromatic rings. The first kappa shape index (κ1) is 31.1. The summed E-state index contributed by atoms with van der Waals surface area (Å²) in [6.07, 6.45) is 8.11. The van der Waals surface area contributed by atoms with E-state index in [4.69, 9.17) is 4.74 Å². The molecular weight excluding hydrogens is 503 g/mol. The molecule has 1 saturated carbocycles. The number of halogens is 2. The van der Waals surface area contributed by atoms with Crippen LogP contribution in [-0.2, 0) is 13.0 Å². The SMILES string of the molecule is Cl.Cl.O.c1ccc(COc2ccc(CC(c3ccccc3)N3CCN(C4CCCCC4)CC3)cc2)cc1. The second kappa shape index (κ2) is 16.0. The van der Waals surface area contributed by atoms with E-state index in [0.29, 0.717) is 12.6 Å². The lowest BCUT2D eigenvalue weighted by Crippen LogP contribution is -2.51. The molecule has 0 bridgehead atoms. The second-order valence-corrected chi connectivity index (χ2v) is 9.91. The third-order valence-corrected chi connectivity index (χ3v) is 7.67. The molecule has 0 amide bonds. The zero-order valence-corrected chi connectivity index (χ0v) is 23.3. The minimum atomic E-state index is 0. The van der Waals surface area contributed by atoms with E-state index in [1.54, 1.807) is 0 Å². The highest BCUT2D eigenvalue weighted by Crippen LogP contribution is 2.29. The lowest BCUT2D eigenvalue weighted by Gasteiger charge is -2.43. The number of rotatable bonds is 8. The summed E-state index contributed by atoms with van der Waals surface area (Å²) >= 11 is 0. The van der Waals surface area contributed by atoms with Gasteiger partial charge in [0.05, 0.1) is 0 Å². The van der Waals surface area contributed by atoms with Crippen LogP contribution in [0.5, 0.6) is 5.75 Å². The number of benzene rings is 3. The van der Waals surface area contributed by atoms with Crippen molar-refractivity contribution in [1.82, 2.24) is 9.80 Å². The molecule has 2 fully saturated rings. The molecule has 1 aliphatic heterocycles. The Balaban J connectivity index is 0.00000160. The molecule has 0 aromatic heterocycles. The molecular formula is C31H42Cl2N2O2. The van der Waals surface area contributed by atoms with Gasteiger partial charge in [-0.1, -0.05) is 92.1 Å². The van der Waals surface area contributed by atoms with Gasteiger partial charge in [0.2, 0.25) is 0 Å². The Kier molecular flexibility index (Phi) is 13.5. The maximum absolute atomic E-state index is 6.01. The van der Waals surface area contributed by atoms with E-state index in [0.717, 1.165) is 31.3 Å². The van der Waals surface area contributed by atoms with E-state index in [9.17, 15) is 0 Å². The van der Waals surface area contributed by atoms with E-state index in [2.05, 4.69) is 88.7 Å². The summed E-state index contributed by atoms with van der Waals surface area (Å²) in [4.78, 5) is 5.49. The van der Waals surface area contributed by atoms with E-state index in [1.807, 2.05) is 6.07 Å². The van der Waals surface area contributed by atoms with Crippen molar-refractivity contribution in [2.75, 3.05) is 26.2 Å². The van der Waals surface area contributed by atoms with Crippen molar-refractivity contribution in [3.05, 3.63) is 102 Å². The van der Waals surface area contributed by atoms with E-state index >= 15 is 0 Å². The molecule has 4 nitrogen and oxygen atoms in total. The van der Waals surface area contributed by atoms with Gasteiger partial charge in [0.15, 0.2) is 0 Å². The fourth-order valence-electron chi connectivity index (χ4n) is 5.68. The molecule has 5 rings (SSSR count). The van der Waals surface area contributed by atoms with Crippen molar-refractivity contribution < 1.29 is 10.2 Å². The molecule has 202 valence electrons. The second-order valence-electron chi connectivity index (χ2n) is 9.91. The largest absolute Gasteiger partial charge is 0.489 e. The van der Waals surface area contributed by atoms with Crippen LogP contribution in [0.3, 0.4) is 0 Å². The van der Waals surface area contributed by atoms with Gasteiger partial charge in [-0.05, 0) is 48.1 Å². The molecule has 3 aromatic carbocycles. The van der Waals surface area contributed by atoms with Crippen LogP contribution in [0.15, 0.2) is 84.9 Å². The van der Waals surface area contributed by atoms with Crippen molar-refractivity contribution in [2.24, 2.45) is 0 Å². The van der Waals surface area contributed by atoms with Gasteiger partial charge in [0.1, 0.15) is 12.4 Å². The minimum Gasteiger partial charge on any atom is -0.489 e. The first-order valence-electron chi connectivity index (χ1n) is 13.1. The summed E-state index contributed by atoms with van der Waals surface area (Å²) in [6, 6.07) is 31.4. The molecule has 2 N–H and O–H groups in total. The molecule has 0 spiro atoms. The third kappa shape index (κ3) is 8.73. The van der Waals surface area contributed by atoms with Gasteiger partial charge in [0.25, 0.3) is 0 Å².